The lowest BCUT2D eigenvalue weighted by Gasteiger charge is -2.37. The number of benzene rings is 1. The molecule has 2 heterocycles. The average molecular weight is 424 g/mol. The first-order valence-electron chi connectivity index (χ1n) is 9.07. The average Bonchev–Trinajstić information content (AvgIpc) is 3.37. The molecule has 1 aliphatic heterocycles. The summed E-state index contributed by atoms with van der Waals surface area (Å²) in [7, 11) is 0. The zero-order chi connectivity index (χ0) is 18.1. The molecule has 6 heteroatoms. The number of Topliss-reactive ketones (excluding diaryl/α,β-unsaturated/α-hetero) is 1. The number of hydrogen-bond acceptors (Lipinski definition) is 4. The summed E-state index contributed by atoms with van der Waals surface area (Å²) in [6.45, 7) is 1.41. The number of thiophene rings is 1. The maximum Gasteiger partial charge on any atom is 0.157 e. The third-order valence-electron chi connectivity index (χ3n) is 5.19. The van der Waals surface area contributed by atoms with E-state index in [2.05, 4.69) is 22.4 Å². The Kier molecular flexibility index (Phi) is 6.79. The van der Waals surface area contributed by atoms with Crippen LogP contribution in [0.25, 0.3) is 6.08 Å². The molecule has 144 valence electrons. The second-order valence-electron chi connectivity index (χ2n) is 7.11. The number of carbonyl (C=O) groups is 1. The van der Waals surface area contributed by atoms with Gasteiger partial charge in [-0.2, -0.15) is 12.6 Å². The Morgan fingerprint density at radius 2 is 2.00 bits per heavy atom. The number of thiol groups is 1. The van der Waals surface area contributed by atoms with E-state index < -0.39 is 6.04 Å². The van der Waals surface area contributed by atoms with Crippen molar-refractivity contribution in [3.63, 3.8) is 0 Å². The monoisotopic (exact) mass is 423 g/mol. The van der Waals surface area contributed by atoms with Crippen LogP contribution in [0.1, 0.15) is 35.7 Å². The lowest BCUT2D eigenvalue weighted by molar-refractivity contribution is -0.126. The molecular formula is C21H23ClFNOS2. The van der Waals surface area contributed by atoms with Crippen LogP contribution in [-0.4, -0.2) is 29.0 Å². The van der Waals surface area contributed by atoms with E-state index in [0.29, 0.717) is 12.1 Å². The van der Waals surface area contributed by atoms with Crippen molar-refractivity contribution in [1.29, 1.82) is 0 Å². The number of carbonyl (C=O) groups excluding carboxylic acids is 1. The van der Waals surface area contributed by atoms with E-state index in [1.165, 1.54) is 16.5 Å². The van der Waals surface area contributed by atoms with Gasteiger partial charge < -0.3 is 0 Å². The number of ketones is 1. The summed E-state index contributed by atoms with van der Waals surface area (Å²) in [5, 5.41) is 2.24. The SMILES string of the molecule is Cl.O=C(C1CC1)C(c1ccccc1F)N1CCC(S)C(=Cc2cccs2)C1. The predicted molar refractivity (Wildman–Crippen MR) is 115 cm³/mol. The highest BCUT2D eigenvalue weighted by Crippen LogP contribution is 2.39. The van der Waals surface area contributed by atoms with Crippen molar-refractivity contribution in [3.05, 3.63) is 63.6 Å². The van der Waals surface area contributed by atoms with E-state index in [-0.39, 0.29) is 35.2 Å². The lowest BCUT2D eigenvalue weighted by atomic mass is 9.93. The Balaban J connectivity index is 0.00000210. The summed E-state index contributed by atoms with van der Waals surface area (Å²) in [5.41, 5.74) is 1.71. The summed E-state index contributed by atoms with van der Waals surface area (Å²) < 4.78 is 14.5. The predicted octanol–water partition coefficient (Wildman–Crippen LogP) is 5.42. The van der Waals surface area contributed by atoms with Gasteiger partial charge in [-0.05, 0) is 48.4 Å². The quantitative estimate of drug-likeness (QED) is 0.648. The van der Waals surface area contributed by atoms with Crippen LogP contribution in [-0.2, 0) is 4.79 Å². The van der Waals surface area contributed by atoms with Crippen molar-refractivity contribution >= 4 is 48.2 Å². The number of nitrogens with zero attached hydrogens (tertiary/aromatic N) is 1. The van der Waals surface area contributed by atoms with E-state index in [1.807, 2.05) is 12.1 Å². The maximum absolute atomic E-state index is 14.5. The molecule has 2 nitrogen and oxygen atoms in total. The van der Waals surface area contributed by atoms with Crippen molar-refractivity contribution in [2.24, 2.45) is 5.92 Å². The number of piperidine rings is 1. The highest BCUT2D eigenvalue weighted by Gasteiger charge is 2.40. The van der Waals surface area contributed by atoms with E-state index in [9.17, 15) is 9.18 Å². The van der Waals surface area contributed by atoms with E-state index in [1.54, 1.807) is 23.5 Å². The Bertz CT molecular complexity index is 819. The topological polar surface area (TPSA) is 20.3 Å². The van der Waals surface area contributed by atoms with Gasteiger partial charge in [-0.25, -0.2) is 4.39 Å². The summed E-state index contributed by atoms with van der Waals surface area (Å²) >= 11 is 6.43. The van der Waals surface area contributed by atoms with Crippen molar-refractivity contribution in [3.8, 4) is 0 Å². The first kappa shape index (κ1) is 20.6. The zero-order valence-electron chi connectivity index (χ0n) is 14.9. The molecule has 1 saturated heterocycles. The third kappa shape index (κ3) is 4.65. The molecule has 27 heavy (non-hydrogen) atoms. The smallest absolute Gasteiger partial charge is 0.157 e. The van der Waals surface area contributed by atoms with Crippen LogP contribution in [0.2, 0.25) is 0 Å². The molecule has 2 unspecified atom stereocenters. The van der Waals surface area contributed by atoms with Gasteiger partial charge in [-0.1, -0.05) is 24.3 Å². The van der Waals surface area contributed by atoms with Gasteiger partial charge in [0.05, 0.1) is 6.04 Å². The Morgan fingerprint density at radius 1 is 1.22 bits per heavy atom. The third-order valence-corrected chi connectivity index (χ3v) is 6.60. The van der Waals surface area contributed by atoms with Crippen molar-refractivity contribution in [2.45, 2.75) is 30.6 Å². The van der Waals surface area contributed by atoms with Crippen LogP contribution in [0, 0.1) is 11.7 Å². The van der Waals surface area contributed by atoms with Crippen LogP contribution < -0.4 is 0 Å². The van der Waals surface area contributed by atoms with Crippen LogP contribution >= 0.6 is 36.4 Å². The van der Waals surface area contributed by atoms with Gasteiger partial charge in [0, 0.05) is 34.7 Å². The first-order valence-corrected chi connectivity index (χ1v) is 10.5. The molecule has 1 saturated carbocycles. The highest BCUT2D eigenvalue weighted by molar-refractivity contribution is 7.81. The molecule has 0 spiro atoms. The summed E-state index contributed by atoms with van der Waals surface area (Å²) in [6, 6.07) is 10.3. The van der Waals surface area contributed by atoms with Crippen molar-refractivity contribution in [1.82, 2.24) is 4.90 Å². The molecule has 2 atom stereocenters. The Morgan fingerprint density at radius 3 is 2.67 bits per heavy atom. The molecule has 2 aromatic rings. The van der Waals surface area contributed by atoms with Crippen LogP contribution in [0.3, 0.4) is 0 Å². The molecule has 1 aromatic heterocycles. The number of likely N-dealkylation sites (tertiary alicyclic amines) is 1. The summed E-state index contributed by atoms with van der Waals surface area (Å²) in [6.07, 6.45) is 4.91. The minimum Gasteiger partial charge on any atom is -0.297 e. The number of halogens is 2. The normalized spacial score (nSPS) is 23.0. The first-order chi connectivity index (χ1) is 12.6. The Labute approximate surface area is 175 Å². The fourth-order valence-electron chi connectivity index (χ4n) is 3.63. The number of hydrogen-bond donors (Lipinski definition) is 1. The van der Waals surface area contributed by atoms with Gasteiger partial charge in [0.25, 0.3) is 0 Å². The fourth-order valence-corrected chi connectivity index (χ4v) is 4.59. The molecule has 1 aromatic carbocycles. The van der Waals surface area contributed by atoms with E-state index >= 15 is 0 Å². The van der Waals surface area contributed by atoms with E-state index in [0.717, 1.165) is 25.8 Å². The second kappa shape index (κ2) is 8.91. The molecule has 0 radical (unpaired) electrons. The van der Waals surface area contributed by atoms with Crippen LogP contribution in [0.4, 0.5) is 4.39 Å². The zero-order valence-corrected chi connectivity index (χ0v) is 17.4. The molecule has 0 amide bonds. The molecule has 1 aliphatic carbocycles. The van der Waals surface area contributed by atoms with Gasteiger partial charge in [-0.15, -0.1) is 23.7 Å². The number of rotatable bonds is 5. The van der Waals surface area contributed by atoms with Crippen LogP contribution in [0.5, 0.6) is 0 Å². The molecule has 4 rings (SSSR count). The van der Waals surface area contributed by atoms with Crippen molar-refractivity contribution in [2.75, 3.05) is 13.1 Å². The molecular weight excluding hydrogens is 401 g/mol. The van der Waals surface area contributed by atoms with Crippen molar-refractivity contribution < 1.29 is 9.18 Å². The second-order valence-corrected chi connectivity index (χ2v) is 8.71. The minimum absolute atomic E-state index is 0. The van der Waals surface area contributed by atoms with Gasteiger partial charge >= 0.3 is 0 Å². The van der Waals surface area contributed by atoms with Gasteiger partial charge in [0.2, 0.25) is 0 Å². The summed E-state index contributed by atoms with van der Waals surface area (Å²) in [4.78, 5) is 16.4. The highest BCUT2D eigenvalue weighted by atomic mass is 35.5. The van der Waals surface area contributed by atoms with Crippen LogP contribution in [0.15, 0.2) is 47.4 Å². The van der Waals surface area contributed by atoms with Gasteiger partial charge in [0.1, 0.15) is 5.82 Å². The maximum atomic E-state index is 14.5. The largest absolute Gasteiger partial charge is 0.297 e. The van der Waals surface area contributed by atoms with Gasteiger partial charge in [-0.3, -0.25) is 9.69 Å². The minimum atomic E-state index is -0.490. The fraction of sp³-hybridized carbons (Fsp3) is 0.381. The lowest BCUT2D eigenvalue weighted by Crippen LogP contribution is -2.42. The molecule has 0 bridgehead atoms. The van der Waals surface area contributed by atoms with E-state index in [4.69, 9.17) is 12.6 Å². The molecule has 2 aliphatic rings. The molecule has 2 fully saturated rings. The summed E-state index contributed by atoms with van der Waals surface area (Å²) in [5.74, 6) is -0.0236. The standard InChI is InChI=1S/C21H22FNOS2.ClH/c22-18-6-2-1-5-17(18)20(21(24)14-7-8-14)23-10-9-19(25)15(13-23)12-16-4-3-11-26-16;/h1-6,11-12,14,19-20,25H,7-10,13H2;1H. The molecule has 0 N–H and O–H groups in total. The van der Waals surface area contributed by atoms with Gasteiger partial charge in [0.15, 0.2) is 5.78 Å². The Hall–Kier alpha value is -1.14.